The first kappa shape index (κ1) is 23.3. The van der Waals surface area contributed by atoms with Gasteiger partial charge in [-0.25, -0.2) is 4.98 Å². The maximum Gasteiger partial charge on any atom is 0.305 e. The van der Waals surface area contributed by atoms with E-state index in [9.17, 15) is 4.79 Å². The molecule has 0 saturated carbocycles. The predicted octanol–water partition coefficient (Wildman–Crippen LogP) is 5.10. The summed E-state index contributed by atoms with van der Waals surface area (Å²) in [7, 11) is 3.31. The van der Waals surface area contributed by atoms with E-state index in [2.05, 4.69) is 46.7 Å². The number of nitrogens with one attached hydrogen (secondary N) is 1. The van der Waals surface area contributed by atoms with Crippen molar-refractivity contribution in [2.24, 2.45) is 5.92 Å². The molecule has 0 saturated heterocycles. The van der Waals surface area contributed by atoms with Crippen LogP contribution >= 0.6 is 0 Å². The highest BCUT2D eigenvalue weighted by molar-refractivity contribution is 5.69. The Hall–Kier alpha value is -3.34. The molecule has 0 spiro atoms. The van der Waals surface area contributed by atoms with Crippen LogP contribution in [0, 0.1) is 5.92 Å². The third kappa shape index (κ3) is 7.73. The summed E-state index contributed by atoms with van der Waals surface area (Å²) in [5.41, 5.74) is 3.49. The molecule has 0 amide bonds. The summed E-state index contributed by atoms with van der Waals surface area (Å²) in [5.74, 6) is 1.78. The Kier molecular flexibility index (Phi) is 9.11. The molecule has 1 N–H and O–H groups in total. The number of aromatic nitrogens is 1. The number of hydrogen-bond donors (Lipinski definition) is 1. The third-order valence-corrected chi connectivity index (χ3v) is 5.50. The van der Waals surface area contributed by atoms with Crippen LogP contribution in [0.3, 0.4) is 0 Å². The third-order valence-electron chi connectivity index (χ3n) is 5.50. The number of anilines is 1. The highest BCUT2D eigenvalue weighted by atomic mass is 16.5. The number of pyridine rings is 1. The van der Waals surface area contributed by atoms with Gasteiger partial charge in [0.05, 0.1) is 13.7 Å². The van der Waals surface area contributed by atoms with Gasteiger partial charge >= 0.3 is 5.97 Å². The second-order valence-corrected chi connectivity index (χ2v) is 7.88. The molecular weight excluding hydrogens is 400 g/mol. The second-order valence-electron chi connectivity index (χ2n) is 7.88. The molecule has 0 aliphatic heterocycles. The van der Waals surface area contributed by atoms with Gasteiger partial charge in [0.1, 0.15) is 11.6 Å². The van der Waals surface area contributed by atoms with Gasteiger partial charge in [-0.05, 0) is 60.6 Å². The van der Waals surface area contributed by atoms with Gasteiger partial charge in [0.2, 0.25) is 0 Å². The van der Waals surface area contributed by atoms with Gasteiger partial charge in [-0.15, -0.1) is 0 Å². The Labute approximate surface area is 190 Å². The van der Waals surface area contributed by atoms with Crippen molar-refractivity contribution in [1.29, 1.82) is 0 Å². The molecule has 1 unspecified atom stereocenters. The Morgan fingerprint density at radius 1 is 0.938 bits per heavy atom. The average molecular weight is 433 g/mol. The zero-order valence-corrected chi connectivity index (χ0v) is 18.9. The molecule has 3 rings (SSSR count). The Balaban J connectivity index is 1.51. The maximum atomic E-state index is 11.9. The van der Waals surface area contributed by atoms with Crippen molar-refractivity contribution in [1.82, 2.24) is 4.98 Å². The van der Waals surface area contributed by atoms with E-state index in [0.717, 1.165) is 42.9 Å². The van der Waals surface area contributed by atoms with E-state index in [1.165, 1.54) is 18.2 Å². The van der Waals surface area contributed by atoms with Gasteiger partial charge in [-0.1, -0.05) is 48.5 Å². The number of carbonyl (C=O) groups excluding carboxylic acids is 1. The molecule has 1 aromatic heterocycles. The van der Waals surface area contributed by atoms with Crippen molar-refractivity contribution in [2.75, 3.05) is 26.1 Å². The van der Waals surface area contributed by atoms with Gasteiger partial charge in [-0.2, -0.15) is 0 Å². The lowest BCUT2D eigenvalue weighted by Crippen LogP contribution is -2.13. The Morgan fingerprint density at radius 3 is 2.44 bits per heavy atom. The Morgan fingerprint density at radius 2 is 1.72 bits per heavy atom. The van der Waals surface area contributed by atoms with Crippen LogP contribution in [0.15, 0.2) is 72.8 Å². The number of ether oxygens (including phenoxy) is 2. The van der Waals surface area contributed by atoms with Crippen molar-refractivity contribution >= 4 is 11.8 Å². The monoisotopic (exact) mass is 432 g/mol. The normalized spacial score (nSPS) is 11.6. The smallest absolute Gasteiger partial charge is 0.305 e. The minimum Gasteiger partial charge on any atom is -0.493 e. The van der Waals surface area contributed by atoms with E-state index in [1.807, 2.05) is 43.4 Å². The first-order chi connectivity index (χ1) is 15.7. The van der Waals surface area contributed by atoms with Crippen LogP contribution in [0.4, 0.5) is 5.82 Å². The van der Waals surface area contributed by atoms with Gasteiger partial charge in [-0.3, -0.25) is 4.79 Å². The van der Waals surface area contributed by atoms with Crippen LogP contribution in [0.2, 0.25) is 0 Å². The minimum absolute atomic E-state index is 0.154. The number of hydrogen-bond acceptors (Lipinski definition) is 5. The molecule has 0 bridgehead atoms. The zero-order chi connectivity index (χ0) is 22.6. The average Bonchev–Trinajstić information content (AvgIpc) is 2.84. The molecule has 2 aromatic carbocycles. The van der Waals surface area contributed by atoms with Gasteiger partial charge < -0.3 is 14.8 Å². The van der Waals surface area contributed by atoms with Gasteiger partial charge in [0.25, 0.3) is 0 Å². The highest BCUT2D eigenvalue weighted by Crippen LogP contribution is 2.21. The molecule has 0 radical (unpaired) electrons. The maximum absolute atomic E-state index is 11.9. The van der Waals surface area contributed by atoms with Gasteiger partial charge in [0, 0.05) is 25.6 Å². The largest absolute Gasteiger partial charge is 0.493 e. The molecule has 5 nitrogen and oxygen atoms in total. The molecule has 168 valence electrons. The lowest BCUT2D eigenvalue weighted by atomic mass is 9.90. The van der Waals surface area contributed by atoms with Crippen LogP contribution in [-0.2, 0) is 28.8 Å². The molecule has 1 heterocycles. The molecule has 1 atom stereocenters. The lowest BCUT2D eigenvalue weighted by Gasteiger charge is -2.16. The molecule has 0 aliphatic rings. The number of benzene rings is 2. The van der Waals surface area contributed by atoms with Crippen molar-refractivity contribution in [3.63, 3.8) is 0 Å². The van der Waals surface area contributed by atoms with E-state index < -0.39 is 0 Å². The summed E-state index contributed by atoms with van der Waals surface area (Å²) in [5, 5.41) is 3.05. The summed E-state index contributed by atoms with van der Waals surface area (Å²) < 4.78 is 10.8. The van der Waals surface area contributed by atoms with Crippen molar-refractivity contribution in [2.45, 2.75) is 32.1 Å². The molecule has 0 fully saturated rings. The molecule has 0 aliphatic carbocycles. The number of aryl methyl sites for hydroxylation is 1. The SMILES string of the molecule is CNc1cccc(CCOc2ccc(CC(CCc3ccccc3)CC(=O)OC)cc2)n1. The molecule has 3 aromatic rings. The number of esters is 1. The fourth-order valence-electron chi connectivity index (χ4n) is 3.70. The quantitative estimate of drug-likeness (QED) is 0.404. The van der Waals surface area contributed by atoms with E-state index in [-0.39, 0.29) is 11.9 Å². The number of nitrogens with zero attached hydrogens (tertiary/aromatic N) is 1. The van der Waals surface area contributed by atoms with Crippen LogP contribution in [-0.4, -0.2) is 31.7 Å². The topological polar surface area (TPSA) is 60.5 Å². The summed E-state index contributed by atoms with van der Waals surface area (Å²) >= 11 is 0. The summed E-state index contributed by atoms with van der Waals surface area (Å²) in [6.07, 6.45) is 3.91. The van der Waals surface area contributed by atoms with Gasteiger partial charge in [0.15, 0.2) is 0 Å². The van der Waals surface area contributed by atoms with E-state index in [0.29, 0.717) is 13.0 Å². The summed E-state index contributed by atoms with van der Waals surface area (Å²) in [4.78, 5) is 16.4. The molecular formula is C27H32N2O3. The first-order valence-corrected chi connectivity index (χ1v) is 11.1. The van der Waals surface area contributed by atoms with E-state index in [4.69, 9.17) is 9.47 Å². The van der Waals surface area contributed by atoms with E-state index in [1.54, 1.807) is 0 Å². The Bertz CT molecular complexity index is 958. The number of carbonyl (C=O) groups is 1. The van der Waals surface area contributed by atoms with Crippen LogP contribution in [0.1, 0.15) is 29.7 Å². The predicted molar refractivity (Wildman–Crippen MR) is 128 cm³/mol. The van der Waals surface area contributed by atoms with E-state index >= 15 is 0 Å². The number of rotatable bonds is 12. The highest BCUT2D eigenvalue weighted by Gasteiger charge is 2.15. The minimum atomic E-state index is -0.154. The first-order valence-electron chi connectivity index (χ1n) is 11.1. The zero-order valence-electron chi connectivity index (χ0n) is 18.9. The molecule has 5 heteroatoms. The second kappa shape index (κ2) is 12.5. The fourth-order valence-corrected chi connectivity index (χ4v) is 3.70. The standard InChI is InChI=1S/C27H32N2O3/c1-28-26-10-6-9-24(29-26)17-18-32-25-15-13-22(14-16-25)19-23(20-27(30)31-2)12-11-21-7-4-3-5-8-21/h3-10,13-16,23H,11-12,17-20H2,1-2H3,(H,28,29). The van der Waals surface area contributed by atoms with Crippen LogP contribution in [0.25, 0.3) is 0 Å². The van der Waals surface area contributed by atoms with Crippen molar-refractivity contribution in [3.05, 3.63) is 89.6 Å². The van der Waals surface area contributed by atoms with Crippen LogP contribution < -0.4 is 10.1 Å². The summed E-state index contributed by atoms with van der Waals surface area (Å²) in [6, 6.07) is 24.5. The summed E-state index contributed by atoms with van der Waals surface area (Å²) in [6.45, 7) is 0.571. The number of methoxy groups -OCH3 is 1. The molecule has 32 heavy (non-hydrogen) atoms. The van der Waals surface area contributed by atoms with Crippen LogP contribution in [0.5, 0.6) is 5.75 Å². The van der Waals surface area contributed by atoms with Crippen molar-refractivity contribution < 1.29 is 14.3 Å². The lowest BCUT2D eigenvalue weighted by molar-refractivity contribution is -0.141. The van der Waals surface area contributed by atoms with Crippen molar-refractivity contribution in [3.8, 4) is 5.75 Å². The fraction of sp³-hybridized carbons (Fsp3) is 0.333.